The van der Waals surface area contributed by atoms with Gasteiger partial charge < -0.3 is 18.5 Å². The molecule has 0 unspecified atom stereocenters. The van der Waals surface area contributed by atoms with Gasteiger partial charge in [-0.3, -0.25) is 4.79 Å². The molecule has 2 aromatic carbocycles. The summed E-state index contributed by atoms with van der Waals surface area (Å²) in [4.78, 5) is 21.4. The lowest BCUT2D eigenvalue weighted by molar-refractivity contribution is -0.112. The number of rotatable bonds is 8. The number of ether oxygens (including phenoxy) is 2. The molecule has 2 heterocycles. The normalized spacial score (nSPS) is 15.9. The SMILES string of the molecule is Cc1nc(COc2ccc(C=C3CCCC(=Cc4ccc(OCc5noc(C)n5)cc4)C3=O)cc2)no1. The molecule has 2 aromatic heterocycles. The topological polar surface area (TPSA) is 113 Å². The van der Waals surface area contributed by atoms with Crippen LogP contribution < -0.4 is 9.47 Å². The van der Waals surface area contributed by atoms with Gasteiger partial charge in [-0.1, -0.05) is 34.6 Å². The number of nitrogens with zero attached hydrogens (tertiary/aromatic N) is 4. The highest BCUT2D eigenvalue weighted by Gasteiger charge is 2.20. The largest absolute Gasteiger partial charge is 0.485 e. The monoisotopic (exact) mass is 498 g/mol. The van der Waals surface area contributed by atoms with Crippen LogP contribution in [0.5, 0.6) is 11.5 Å². The molecule has 0 bridgehead atoms. The number of Topliss-reactive ketones (excluding diaryl/α,β-unsaturated/α-hetero) is 1. The standard InChI is InChI=1S/C28H26N4O5/c1-18-29-26(31-36-18)16-34-24-10-6-20(7-11-24)14-22-4-3-5-23(28(22)33)15-21-8-12-25(13-9-21)35-17-27-30-19(2)37-32-27/h6-15H,3-5,16-17H2,1-2H3. The van der Waals surface area contributed by atoms with Crippen molar-refractivity contribution in [1.82, 2.24) is 20.3 Å². The molecule has 5 rings (SSSR count). The molecule has 188 valence electrons. The Balaban J connectivity index is 1.20. The second-order valence-electron chi connectivity index (χ2n) is 8.70. The van der Waals surface area contributed by atoms with Crippen LogP contribution in [0.15, 0.2) is 68.7 Å². The zero-order valence-corrected chi connectivity index (χ0v) is 20.6. The minimum Gasteiger partial charge on any atom is -0.485 e. The van der Waals surface area contributed by atoms with Crippen molar-refractivity contribution in [3.05, 3.63) is 94.2 Å². The number of benzene rings is 2. The molecular weight excluding hydrogens is 472 g/mol. The lowest BCUT2D eigenvalue weighted by Crippen LogP contribution is -2.12. The highest BCUT2D eigenvalue weighted by atomic mass is 16.5. The van der Waals surface area contributed by atoms with Crippen molar-refractivity contribution in [1.29, 1.82) is 0 Å². The third-order valence-corrected chi connectivity index (χ3v) is 5.79. The molecule has 0 atom stereocenters. The molecule has 9 nitrogen and oxygen atoms in total. The predicted molar refractivity (Wildman–Crippen MR) is 134 cm³/mol. The summed E-state index contributed by atoms with van der Waals surface area (Å²) in [6.07, 6.45) is 6.36. The number of hydrogen-bond acceptors (Lipinski definition) is 9. The number of carbonyl (C=O) groups excluding carboxylic acids is 1. The average molecular weight is 499 g/mol. The molecule has 0 N–H and O–H groups in total. The Kier molecular flexibility index (Phi) is 7.21. The van der Waals surface area contributed by atoms with E-state index in [0.717, 1.165) is 41.5 Å². The third-order valence-electron chi connectivity index (χ3n) is 5.79. The highest BCUT2D eigenvalue weighted by Crippen LogP contribution is 2.29. The Labute approximate surface area is 213 Å². The van der Waals surface area contributed by atoms with Crippen LogP contribution in [-0.2, 0) is 18.0 Å². The van der Waals surface area contributed by atoms with Crippen LogP contribution in [0.2, 0.25) is 0 Å². The summed E-state index contributed by atoms with van der Waals surface area (Å²) >= 11 is 0. The summed E-state index contributed by atoms with van der Waals surface area (Å²) in [5, 5.41) is 7.64. The Bertz CT molecular complexity index is 1320. The smallest absolute Gasteiger partial charge is 0.223 e. The molecular formula is C28H26N4O5. The van der Waals surface area contributed by atoms with Crippen LogP contribution >= 0.6 is 0 Å². The van der Waals surface area contributed by atoms with Crippen LogP contribution in [0.1, 0.15) is 53.8 Å². The van der Waals surface area contributed by atoms with E-state index in [1.54, 1.807) is 13.8 Å². The van der Waals surface area contributed by atoms with Gasteiger partial charge in [-0.15, -0.1) is 0 Å². The van der Waals surface area contributed by atoms with Crippen molar-refractivity contribution in [3.63, 3.8) is 0 Å². The van der Waals surface area contributed by atoms with Crippen molar-refractivity contribution in [2.24, 2.45) is 0 Å². The van der Waals surface area contributed by atoms with Gasteiger partial charge in [0.1, 0.15) is 11.5 Å². The van der Waals surface area contributed by atoms with E-state index < -0.39 is 0 Å². The predicted octanol–water partition coefficient (Wildman–Crippen LogP) is 5.45. The molecule has 4 aromatic rings. The van der Waals surface area contributed by atoms with Crippen LogP contribution in [0.25, 0.3) is 12.2 Å². The van der Waals surface area contributed by atoms with Crippen LogP contribution in [0.4, 0.5) is 0 Å². The van der Waals surface area contributed by atoms with Gasteiger partial charge in [0, 0.05) is 25.0 Å². The van der Waals surface area contributed by atoms with Crippen molar-refractivity contribution >= 4 is 17.9 Å². The molecule has 1 aliphatic rings. The summed E-state index contributed by atoms with van der Waals surface area (Å²) in [6, 6.07) is 15.2. The molecule has 0 amide bonds. The number of ketones is 1. The fraction of sp³-hybridized carbons (Fsp3) is 0.250. The number of allylic oxidation sites excluding steroid dienone is 2. The average Bonchev–Trinajstić information content (AvgIpc) is 3.53. The maximum atomic E-state index is 13.2. The fourth-order valence-electron chi connectivity index (χ4n) is 4.00. The third kappa shape index (κ3) is 6.38. The van der Waals surface area contributed by atoms with Gasteiger partial charge in [0.2, 0.25) is 23.4 Å². The summed E-state index contributed by atoms with van der Waals surface area (Å²) < 4.78 is 21.3. The first kappa shape index (κ1) is 24.2. The van der Waals surface area contributed by atoms with Crippen molar-refractivity contribution in [3.8, 4) is 11.5 Å². The van der Waals surface area contributed by atoms with Crippen LogP contribution in [-0.4, -0.2) is 26.1 Å². The molecule has 0 saturated heterocycles. The first-order chi connectivity index (χ1) is 18.0. The van der Waals surface area contributed by atoms with E-state index in [-0.39, 0.29) is 19.0 Å². The quantitative estimate of drug-likeness (QED) is 0.293. The second-order valence-corrected chi connectivity index (χ2v) is 8.70. The molecule has 1 saturated carbocycles. The maximum absolute atomic E-state index is 13.2. The number of aryl methyl sites for hydroxylation is 2. The molecule has 0 radical (unpaired) electrons. The first-order valence-electron chi connectivity index (χ1n) is 12.0. The van der Waals surface area contributed by atoms with Gasteiger partial charge in [-0.2, -0.15) is 9.97 Å². The molecule has 0 spiro atoms. The summed E-state index contributed by atoms with van der Waals surface area (Å²) in [5.41, 5.74) is 3.52. The lowest BCUT2D eigenvalue weighted by Gasteiger charge is -2.17. The molecule has 1 aliphatic carbocycles. The number of aromatic nitrogens is 4. The summed E-state index contributed by atoms with van der Waals surface area (Å²) in [7, 11) is 0. The van der Waals surface area contributed by atoms with E-state index in [0.29, 0.717) is 34.9 Å². The van der Waals surface area contributed by atoms with E-state index in [9.17, 15) is 4.79 Å². The fourth-order valence-corrected chi connectivity index (χ4v) is 4.00. The van der Waals surface area contributed by atoms with Crippen molar-refractivity contribution < 1.29 is 23.3 Å². The maximum Gasteiger partial charge on any atom is 0.223 e. The van der Waals surface area contributed by atoms with Crippen molar-refractivity contribution in [2.75, 3.05) is 0 Å². The van der Waals surface area contributed by atoms with Gasteiger partial charge in [-0.25, -0.2) is 0 Å². The summed E-state index contributed by atoms with van der Waals surface area (Å²) in [6.45, 7) is 3.93. The van der Waals surface area contributed by atoms with E-state index >= 15 is 0 Å². The van der Waals surface area contributed by atoms with Gasteiger partial charge in [0.25, 0.3) is 0 Å². The Morgan fingerprint density at radius 2 is 1.16 bits per heavy atom. The Morgan fingerprint density at radius 1 is 0.730 bits per heavy atom. The highest BCUT2D eigenvalue weighted by molar-refractivity contribution is 6.13. The van der Waals surface area contributed by atoms with Gasteiger partial charge >= 0.3 is 0 Å². The van der Waals surface area contributed by atoms with Gasteiger partial charge in [0.05, 0.1) is 0 Å². The lowest BCUT2D eigenvalue weighted by atomic mass is 9.87. The molecule has 0 aliphatic heterocycles. The minimum atomic E-state index is 0.0897. The first-order valence-corrected chi connectivity index (χ1v) is 12.0. The number of carbonyl (C=O) groups is 1. The zero-order chi connectivity index (χ0) is 25.6. The molecule has 1 fully saturated rings. The molecule has 9 heteroatoms. The van der Waals surface area contributed by atoms with Gasteiger partial charge in [0.15, 0.2) is 19.0 Å². The van der Waals surface area contributed by atoms with Crippen LogP contribution in [0, 0.1) is 13.8 Å². The molecule has 37 heavy (non-hydrogen) atoms. The van der Waals surface area contributed by atoms with E-state index in [2.05, 4.69) is 20.3 Å². The Morgan fingerprint density at radius 3 is 1.54 bits per heavy atom. The van der Waals surface area contributed by atoms with E-state index in [1.807, 2.05) is 60.7 Å². The van der Waals surface area contributed by atoms with E-state index in [1.165, 1.54) is 0 Å². The Hall–Kier alpha value is -4.53. The minimum absolute atomic E-state index is 0.0897. The second kappa shape index (κ2) is 11.0. The zero-order valence-electron chi connectivity index (χ0n) is 20.6. The van der Waals surface area contributed by atoms with E-state index in [4.69, 9.17) is 18.5 Å². The van der Waals surface area contributed by atoms with Gasteiger partial charge in [-0.05, 0) is 66.8 Å². The van der Waals surface area contributed by atoms with Crippen molar-refractivity contribution in [2.45, 2.75) is 46.3 Å². The van der Waals surface area contributed by atoms with Crippen LogP contribution in [0.3, 0.4) is 0 Å². The number of hydrogen-bond donors (Lipinski definition) is 0. The summed E-state index contributed by atoms with van der Waals surface area (Å²) in [5.74, 6) is 3.48.